The highest BCUT2D eigenvalue weighted by atomic mass is 79.9. The molecule has 1 aliphatic rings. The number of rotatable bonds is 3. The number of azo groups is 1. The van der Waals surface area contributed by atoms with E-state index >= 15 is 0 Å². The highest BCUT2D eigenvalue weighted by Crippen LogP contribution is 2.41. The molecule has 0 N–H and O–H groups in total. The summed E-state index contributed by atoms with van der Waals surface area (Å²) in [6, 6.07) is 11.8. The lowest BCUT2D eigenvalue weighted by atomic mass is 9.71. The Bertz CT molecular complexity index is 1040. The Balaban J connectivity index is 2.26. The first-order chi connectivity index (χ1) is 14.0. The number of carbonyl (C=O) groups is 1. The fourth-order valence-electron chi connectivity index (χ4n) is 3.18. The van der Waals surface area contributed by atoms with Crippen LogP contribution in [0.15, 0.2) is 85.4 Å². The molecule has 0 fully saturated rings. The van der Waals surface area contributed by atoms with Crippen molar-refractivity contribution in [2.45, 2.75) is 41.5 Å². The Kier molecular flexibility index (Phi) is 6.44. The molecule has 156 valence electrons. The Morgan fingerprint density at radius 2 is 1.50 bits per heavy atom. The van der Waals surface area contributed by atoms with E-state index in [0.29, 0.717) is 0 Å². The van der Waals surface area contributed by atoms with Gasteiger partial charge in [0.1, 0.15) is 5.70 Å². The Morgan fingerprint density at radius 3 is 2.00 bits per heavy atom. The van der Waals surface area contributed by atoms with Crippen molar-refractivity contribution in [3.8, 4) is 0 Å². The van der Waals surface area contributed by atoms with Crippen molar-refractivity contribution in [2.24, 2.45) is 21.1 Å². The molecule has 0 amide bonds. The summed E-state index contributed by atoms with van der Waals surface area (Å²) < 4.78 is 0.889. The van der Waals surface area contributed by atoms with Gasteiger partial charge in [-0.1, -0.05) is 59.7 Å². The number of Topliss-reactive ketones (excluding diaryl/α,β-unsaturated/α-hetero) is 1. The van der Waals surface area contributed by atoms with E-state index in [1.807, 2.05) is 53.9 Å². The lowest BCUT2D eigenvalue weighted by Gasteiger charge is -2.31. The van der Waals surface area contributed by atoms with Gasteiger partial charge in [0.05, 0.1) is 10.6 Å². The Morgan fingerprint density at radius 1 is 0.900 bits per heavy atom. The van der Waals surface area contributed by atoms with Crippen LogP contribution in [-0.4, -0.2) is 5.78 Å². The number of halogens is 1. The van der Waals surface area contributed by atoms with Crippen molar-refractivity contribution >= 4 is 44.4 Å². The Labute approximate surface area is 191 Å². The number of benzene rings is 1. The maximum atomic E-state index is 13.3. The molecule has 0 radical (unpaired) electrons. The van der Waals surface area contributed by atoms with Gasteiger partial charge in [-0.25, -0.2) is 0 Å². The van der Waals surface area contributed by atoms with E-state index in [0.717, 1.165) is 37.5 Å². The largest absolute Gasteiger partial charge is 0.289 e. The van der Waals surface area contributed by atoms with E-state index in [1.54, 1.807) is 11.3 Å². The smallest absolute Gasteiger partial charge is 0.186 e. The zero-order valence-corrected chi connectivity index (χ0v) is 20.7. The second-order valence-corrected chi connectivity index (χ2v) is 11.2. The molecule has 0 atom stereocenters. The number of nitrogens with zero attached hydrogens (tertiary/aromatic N) is 2. The summed E-state index contributed by atoms with van der Waals surface area (Å²) in [6.07, 6.45) is 3.98. The van der Waals surface area contributed by atoms with Crippen molar-refractivity contribution in [3.63, 3.8) is 0 Å². The predicted octanol–water partition coefficient (Wildman–Crippen LogP) is 8.53. The maximum Gasteiger partial charge on any atom is 0.186 e. The van der Waals surface area contributed by atoms with Crippen molar-refractivity contribution in [3.05, 3.63) is 80.0 Å². The summed E-state index contributed by atoms with van der Waals surface area (Å²) >= 11 is 5.15. The zero-order chi connectivity index (χ0) is 22.1. The molecule has 3 nitrogen and oxygen atoms in total. The Hall–Kier alpha value is -2.11. The molecule has 30 heavy (non-hydrogen) atoms. The van der Waals surface area contributed by atoms with Gasteiger partial charge in [-0.05, 0) is 62.5 Å². The van der Waals surface area contributed by atoms with Crippen LogP contribution >= 0.6 is 27.3 Å². The molecule has 1 aromatic carbocycles. The van der Waals surface area contributed by atoms with Gasteiger partial charge in [0.15, 0.2) is 5.78 Å². The topological polar surface area (TPSA) is 41.8 Å². The number of thiophene rings is 1. The van der Waals surface area contributed by atoms with Crippen LogP contribution < -0.4 is 0 Å². The first-order valence-corrected chi connectivity index (χ1v) is 11.6. The van der Waals surface area contributed by atoms with Crippen molar-refractivity contribution < 1.29 is 4.79 Å². The summed E-state index contributed by atoms with van der Waals surface area (Å²) in [4.78, 5) is 14.3. The molecule has 0 unspecified atom stereocenters. The van der Waals surface area contributed by atoms with Gasteiger partial charge in [-0.15, -0.1) is 21.6 Å². The zero-order valence-electron chi connectivity index (χ0n) is 18.3. The quantitative estimate of drug-likeness (QED) is 0.403. The van der Waals surface area contributed by atoms with E-state index in [1.165, 1.54) is 0 Å². The molecule has 2 aromatic rings. The summed E-state index contributed by atoms with van der Waals surface area (Å²) in [6.45, 7) is 12.5. The fourth-order valence-corrected chi connectivity index (χ4v) is 4.27. The summed E-state index contributed by atoms with van der Waals surface area (Å²) in [7, 11) is 0. The molecule has 0 saturated heterocycles. The summed E-state index contributed by atoms with van der Waals surface area (Å²) in [5, 5.41) is 11.2. The van der Waals surface area contributed by atoms with Gasteiger partial charge in [-0.3, -0.25) is 4.79 Å². The summed E-state index contributed by atoms with van der Waals surface area (Å²) in [5.74, 6) is 0.118. The molecule has 0 saturated carbocycles. The molecule has 0 aliphatic heterocycles. The van der Waals surface area contributed by atoms with Crippen LogP contribution in [0.5, 0.6) is 0 Å². The number of hydrogen-bond donors (Lipinski definition) is 0. The summed E-state index contributed by atoms with van der Waals surface area (Å²) in [5.41, 5.74) is 3.52. The van der Waals surface area contributed by atoms with Gasteiger partial charge in [-0.2, -0.15) is 0 Å². The molecule has 5 heteroatoms. The van der Waals surface area contributed by atoms with Crippen LogP contribution in [-0.2, 0) is 4.79 Å². The minimum absolute atomic E-state index is 0.118. The third kappa shape index (κ3) is 4.96. The molecule has 1 heterocycles. The first kappa shape index (κ1) is 22.6. The maximum absolute atomic E-state index is 13.3. The van der Waals surface area contributed by atoms with Gasteiger partial charge in [0, 0.05) is 21.2 Å². The average molecular weight is 483 g/mol. The second kappa shape index (κ2) is 8.56. The van der Waals surface area contributed by atoms with Crippen LogP contribution in [0, 0.1) is 10.8 Å². The standard InChI is InChI=1S/C25H27BrN2OS/c1-24(2,3)17-14-16(15-18(23(17)29)25(4,5)6)22(21-12-9-13-30-21)28-27-20-11-8-7-10-19(20)26/h7-15H,1-6H3. The normalized spacial score (nSPS) is 15.4. The molecule has 1 aliphatic carbocycles. The molecule has 0 bridgehead atoms. The second-order valence-electron chi connectivity index (χ2n) is 9.38. The van der Waals surface area contributed by atoms with E-state index in [4.69, 9.17) is 0 Å². The number of ketones is 1. The van der Waals surface area contributed by atoms with Crippen LogP contribution in [0.2, 0.25) is 0 Å². The van der Waals surface area contributed by atoms with E-state index < -0.39 is 0 Å². The molecule has 1 aromatic heterocycles. The van der Waals surface area contributed by atoms with Crippen LogP contribution in [0.4, 0.5) is 5.69 Å². The van der Waals surface area contributed by atoms with Crippen LogP contribution in [0.1, 0.15) is 46.4 Å². The van der Waals surface area contributed by atoms with Crippen molar-refractivity contribution in [1.82, 2.24) is 0 Å². The van der Waals surface area contributed by atoms with Gasteiger partial charge in [0.25, 0.3) is 0 Å². The SMILES string of the molecule is CC(C)(C)C1=CC(=C(N=Nc2ccccc2Br)c2cccs2)C=C(C(C)(C)C)C1=O. The average Bonchev–Trinajstić information content (AvgIpc) is 3.16. The molecule has 0 spiro atoms. The lowest BCUT2D eigenvalue weighted by molar-refractivity contribution is -0.114. The number of carbonyl (C=O) groups excluding carboxylic acids is 1. The third-order valence-corrected chi connectivity index (χ3v) is 6.39. The highest BCUT2D eigenvalue weighted by Gasteiger charge is 2.34. The van der Waals surface area contributed by atoms with Crippen LogP contribution in [0.3, 0.4) is 0 Å². The van der Waals surface area contributed by atoms with Crippen molar-refractivity contribution in [2.75, 3.05) is 0 Å². The van der Waals surface area contributed by atoms with E-state index in [-0.39, 0.29) is 16.6 Å². The van der Waals surface area contributed by atoms with Gasteiger partial charge >= 0.3 is 0 Å². The minimum Gasteiger partial charge on any atom is -0.289 e. The van der Waals surface area contributed by atoms with Crippen molar-refractivity contribution in [1.29, 1.82) is 0 Å². The molecule has 3 rings (SSSR count). The van der Waals surface area contributed by atoms with Crippen LogP contribution in [0.25, 0.3) is 5.70 Å². The van der Waals surface area contributed by atoms with E-state index in [9.17, 15) is 4.79 Å². The van der Waals surface area contributed by atoms with Gasteiger partial charge < -0.3 is 0 Å². The first-order valence-electron chi connectivity index (χ1n) is 9.92. The molecular weight excluding hydrogens is 456 g/mol. The molecular formula is C25H27BrN2OS. The minimum atomic E-state index is -0.271. The highest BCUT2D eigenvalue weighted by molar-refractivity contribution is 9.10. The monoisotopic (exact) mass is 482 g/mol. The van der Waals surface area contributed by atoms with E-state index in [2.05, 4.69) is 67.7 Å². The predicted molar refractivity (Wildman–Crippen MR) is 130 cm³/mol. The number of allylic oxidation sites excluding steroid dienone is 5. The van der Waals surface area contributed by atoms with Gasteiger partial charge in [0.2, 0.25) is 0 Å². The third-order valence-electron chi connectivity index (χ3n) is 4.84. The lowest BCUT2D eigenvalue weighted by Crippen LogP contribution is -2.28. The number of hydrogen-bond acceptors (Lipinski definition) is 4. The fraction of sp³-hybridized carbons (Fsp3) is 0.320.